The number of aliphatic hydroxyl groups is 1. The van der Waals surface area contributed by atoms with Crippen molar-refractivity contribution in [1.29, 1.82) is 0 Å². The second kappa shape index (κ2) is 7.52. The summed E-state index contributed by atoms with van der Waals surface area (Å²) in [5.41, 5.74) is 0.280. The lowest BCUT2D eigenvalue weighted by atomic mass is 9.79. The molecular weight excluding hydrogens is 318 g/mol. The molecule has 2 rings (SSSR count). The highest BCUT2D eigenvalue weighted by atomic mass is 35.5. The van der Waals surface area contributed by atoms with Crippen LogP contribution in [0.1, 0.15) is 51.8 Å². The van der Waals surface area contributed by atoms with Gasteiger partial charge in [-0.05, 0) is 65.3 Å². The molecule has 3 nitrogen and oxygen atoms in total. The number of likely N-dealkylation sites (tertiary alicyclic amines) is 1. The number of hydrogen-bond donors (Lipinski definition) is 1. The number of ether oxygens (including phenoxy) is 1. The molecule has 1 atom stereocenters. The van der Waals surface area contributed by atoms with Gasteiger partial charge in [0.2, 0.25) is 0 Å². The molecule has 0 bridgehead atoms. The number of β-amino-alcohol motifs (C(OH)–C–C–N with tert-alkyl or cyclic N) is 1. The van der Waals surface area contributed by atoms with Crippen LogP contribution in [0.25, 0.3) is 0 Å². The quantitative estimate of drug-likeness (QED) is 0.863. The van der Waals surface area contributed by atoms with E-state index in [1.165, 1.54) is 24.1 Å². The van der Waals surface area contributed by atoms with Gasteiger partial charge in [0.25, 0.3) is 0 Å². The Bertz CT molecular complexity index is 457. The van der Waals surface area contributed by atoms with Gasteiger partial charge in [0.05, 0.1) is 0 Å². The zero-order valence-corrected chi connectivity index (χ0v) is 16.0. The zero-order chi connectivity index (χ0) is 15.7. The van der Waals surface area contributed by atoms with Crippen LogP contribution in [0.3, 0.4) is 0 Å². The molecule has 5 heteroatoms. The number of piperidine rings is 1. The number of hydrogen-bond acceptors (Lipinski definition) is 4. The Balaban J connectivity index is 0.00000242. The summed E-state index contributed by atoms with van der Waals surface area (Å²) in [4.78, 5) is 3.62. The van der Waals surface area contributed by atoms with E-state index in [0.717, 1.165) is 5.75 Å². The molecule has 0 radical (unpaired) electrons. The van der Waals surface area contributed by atoms with E-state index in [1.807, 2.05) is 18.4 Å². The van der Waals surface area contributed by atoms with Crippen molar-refractivity contribution in [1.82, 2.24) is 4.90 Å². The second-order valence-electron chi connectivity index (χ2n) is 7.39. The third-order valence-electron chi connectivity index (χ3n) is 4.67. The minimum Gasteiger partial charge on any atom is -0.490 e. The van der Waals surface area contributed by atoms with E-state index in [2.05, 4.69) is 32.6 Å². The maximum Gasteiger partial charge on any atom is 0.133 e. The number of aryl methyl sites for hydroxylation is 1. The molecule has 1 aliphatic heterocycles. The smallest absolute Gasteiger partial charge is 0.133 e. The number of aliphatic hydroxyl groups excluding tert-OH is 1. The van der Waals surface area contributed by atoms with Crippen LogP contribution >= 0.6 is 23.7 Å². The van der Waals surface area contributed by atoms with Crippen molar-refractivity contribution >= 4 is 23.7 Å². The molecule has 0 amide bonds. The Hall–Kier alpha value is -0.290. The minimum absolute atomic E-state index is 0. The Morgan fingerprint density at radius 3 is 2.36 bits per heavy atom. The normalized spacial score (nSPS) is 21.9. The molecule has 1 aromatic rings. The van der Waals surface area contributed by atoms with Crippen LogP contribution in [-0.4, -0.2) is 40.3 Å². The van der Waals surface area contributed by atoms with Gasteiger partial charge in [-0.1, -0.05) is 0 Å². The summed E-state index contributed by atoms with van der Waals surface area (Å²) in [6.45, 7) is 12.2. The fourth-order valence-electron chi connectivity index (χ4n) is 3.51. The maximum absolute atomic E-state index is 10.4. The fraction of sp³-hybridized carbons (Fsp3) is 0.765. The highest BCUT2D eigenvalue weighted by molar-refractivity contribution is 7.10. The molecule has 1 aliphatic rings. The molecule has 0 saturated carbocycles. The summed E-state index contributed by atoms with van der Waals surface area (Å²) in [6, 6.07) is 1.97. The predicted molar refractivity (Wildman–Crippen MR) is 96.5 cm³/mol. The van der Waals surface area contributed by atoms with Gasteiger partial charge in [-0.15, -0.1) is 23.7 Å². The lowest BCUT2D eigenvalue weighted by molar-refractivity contribution is -0.0606. The van der Waals surface area contributed by atoms with Crippen molar-refractivity contribution in [3.63, 3.8) is 0 Å². The van der Waals surface area contributed by atoms with Crippen molar-refractivity contribution in [2.45, 2.75) is 71.1 Å². The third kappa shape index (κ3) is 4.60. The van der Waals surface area contributed by atoms with Crippen LogP contribution in [-0.2, 0) is 0 Å². The average molecular weight is 348 g/mol. The summed E-state index contributed by atoms with van der Waals surface area (Å²) < 4.78 is 5.75. The maximum atomic E-state index is 10.4. The van der Waals surface area contributed by atoms with Gasteiger partial charge in [0.15, 0.2) is 0 Å². The first-order valence-corrected chi connectivity index (χ1v) is 8.73. The summed E-state index contributed by atoms with van der Waals surface area (Å²) in [7, 11) is 0. The molecule has 0 aliphatic carbocycles. The highest BCUT2D eigenvalue weighted by Crippen LogP contribution is 2.38. The van der Waals surface area contributed by atoms with Gasteiger partial charge >= 0.3 is 0 Å². The summed E-state index contributed by atoms with van der Waals surface area (Å²) >= 11 is 1.67. The monoisotopic (exact) mass is 347 g/mol. The molecule has 0 aromatic carbocycles. The molecule has 22 heavy (non-hydrogen) atoms. The average Bonchev–Trinajstić information content (AvgIpc) is 2.77. The third-order valence-corrected chi connectivity index (χ3v) is 5.50. The molecule has 1 unspecified atom stereocenters. The van der Waals surface area contributed by atoms with Crippen molar-refractivity contribution in [3.05, 3.63) is 16.3 Å². The number of halogens is 1. The van der Waals surface area contributed by atoms with E-state index in [1.54, 1.807) is 11.3 Å². The standard InChI is InChI=1S/C17H29NO2S.ClH/c1-13-15(7-10-21-13)20-12-14(19)11-18-16(2,3)8-6-9-17(18,4)5;/h7,10,14,19H,6,8-9,11-12H2,1-5H3;1H. The first-order valence-electron chi connectivity index (χ1n) is 7.85. The van der Waals surface area contributed by atoms with E-state index < -0.39 is 6.10 Å². The van der Waals surface area contributed by atoms with Crippen molar-refractivity contribution in [2.75, 3.05) is 13.2 Å². The van der Waals surface area contributed by atoms with Crippen LogP contribution < -0.4 is 4.74 Å². The van der Waals surface area contributed by atoms with E-state index >= 15 is 0 Å². The van der Waals surface area contributed by atoms with Crippen molar-refractivity contribution in [2.24, 2.45) is 0 Å². The Morgan fingerprint density at radius 1 is 1.27 bits per heavy atom. The SMILES string of the molecule is Cc1sccc1OCC(O)CN1C(C)(C)CCCC1(C)C.Cl. The van der Waals surface area contributed by atoms with Crippen LogP contribution in [0.5, 0.6) is 5.75 Å². The molecule has 2 heterocycles. The van der Waals surface area contributed by atoms with Gasteiger partial charge in [-0.25, -0.2) is 0 Å². The number of nitrogens with zero attached hydrogens (tertiary/aromatic N) is 1. The lowest BCUT2D eigenvalue weighted by Crippen LogP contribution is -2.60. The van der Waals surface area contributed by atoms with Crippen LogP contribution in [0.2, 0.25) is 0 Å². The van der Waals surface area contributed by atoms with E-state index in [4.69, 9.17) is 4.74 Å². The molecule has 1 N–H and O–H groups in total. The first kappa shape index (κ1) is 19.8. The predicted octanol–water partition coefficient (Wildman–Crippen LogP) is 4.26. The fourth-order valence-corrected chi connectivity index (χ4v) is 4.15. The molecule has 128 valence electrons. The zero-order valence-electron chi connectivity index (χ0n) is 14.4. The minimum atomic E-state index is -0.457. The summed E-state index contributed by atoms with van der Waals surface area (Å²) in [5.74, 6) is 0.899. The lowest BCUT2D eigenvalue weighted by Gasteiger charge is -2.53. The largest absolute Gasteiger partial charge is 0.490 e. The molecule has 1 aromatic heterocycles. The Kier molecular flexibility index (Phi) is 6.75. The van der Waals surface area contributed by atoms with E-state index in [9.17, 15) is 5.11 Å². The molecule has 1 fully saturated rings. The van der Waals surface area contributed by atoms with Crippen molar-refractivity contribution in [3.8, 4) is 5.75 Å². The van der Waals surface area contributed by atoms with Gasteiger partial charge in [-0.3, -0.25) is 4.90 Å². The Morgan fingerprint density at radius 2 is 1.86 bits per heavy atom. The van der Waals surface area contributed by atoms with Gasteiger partial charge in [0, 0.05) is 22.5 Å². The summed E-state index contributed by atoms with van der Waals surface area (Å²) in [5, 5.41) is 12.4. The Labute approximate surface area is 145 Å². The topological polar surface area (TPSA) is 32.7 Å². The number of rotatable bonds is 5. The highest BCUT2D eigenvalue weighted by Gasteiger charge is 2.41. The molecular formula is C17H30ClNO2S. The van der Waals surface area contributed by atoms with Gasteiger partial charge < -0.3 is 9.84 Å². The second-order valence-corrected chi connectivity index (χ2v) is 8.52. The molecule has 1 saturated heterocycles. The summed E-state index contributed by atoms with van der Waals surface area (Å²) in [6.07, 6.45) is 3.18. The van der Waals surface area contributed by atoms with E-state index in [-0.39, 0.29) is 23.5 Å². The van der Waals surface area contributed by atoms with Crippen LogP contribution in [0, 0.1) is 6.92 Å². The number of thiophene rings is 1. The molecule has 0 spiro atoms. The van der Waals surface area contributed by atoms with Crippen LogP contribution in [0.15, 0.2) is 11.4 Å². The van der Waals surface area contributed by atoms with Crippen molar-refractivity contribution < 1.29 is 9.84 Å². The van der Waals surface area contributed by atoms with Gasteiger partial charge in [-0.2, -0.15) is 0 Å². The first-order chi connectivity index (χ1) is 9.72. The van der Waals surface area contributed by atoms with E-state index in [0.29, 0.717) is 13.2 Å². The van der Waals surface area contributed by atoms with Crippen LogP contribution in [0.4, 0.5) is 0 Å². The van der Waals surface area contributed by atoms with Gasteiger partial charge in [0.1, 0.15) is 18.5 Å².